The van der Waals surface area contributed by atoms with Crippen LogP contribution in [0.2, 0.25) is 0 Å². The van der Waals surface area contributed by atoms with Gasteiger partial charge < -0.3 is 19.9 Å². The van der Waals surface area contributed by atoms with E-state index in [1.807, 2.05) is 36.4 Å². The van der Waals surface area contributed by atoms with Crippen LogP contribution in [0.25, 0.3) is 11.1 Å². The van der Waals surface area contributed by atoms with Gasteiger partial charge in [-0.1, -0.05) is 60.7 Å². The number of amides is 1. The summed E-state index contributed by atoms with van der Waals surface area (Å²) in [5, 5.41) is 12.2. The van der Waals surface area contributed by atoms with Crippen LogP contribution in [0.15, 0.2) is 72.8 Å². The Morgan fingerprint density at radius 3 is 2.25 bits per heavy atom. The normalized spacial score (nSPS) is 13.0. The van der Waals surface area contributed by atoms with Crippen LogP contribution in [0.4, 0.5) is 4.79 Å². The van der Waals surface area contributed by atoms with Crippen LogP contribution in [0.5, 0.6) is 5.75 Å². The molecule has 0 spiro atoms. The Hall–Kier alpha value is -3.80. The highest BCUT2D eigenvalue weighted by atomic mass is 16.5. The molecule has 4 rings (SSSR count). The van der Waals surface area contributed by atoms with Crippen molar-refractivity contribution in [3.63, 3.8) is 0 Å². The van der Waals surface area contributed by atoms with Crippen molar-refractivity contribution in [1.29, 1.82) is 0 Å². The zero-order chi connectivity index (χ0) is 22.5. The molecule has 6 nitrogen and oxygen atoms in total. The number of alkyl carbamates (subject to hydrolysis) is 1. The van der Waals surface area contributed by atoms with Crippen molar-refractivity contribution < 1.29 is 24.2 Å². The summed E-state index contributed by atoms with van der Waals surface area (Å²) in [6.45, 7) is 0.163. The minimum atomic E-state index is -0.980. The van der Waals surface area contributed by atoms with E-state index in [4.69, 9.17) is 9.47 Å². The Bertz CT molecular complexity index is 1080. The number of benzene rings is 3. The molecule has 0 bridgehead atoms. The van der Waals surface area contributed by atoms with Crippen molar-refractivity contribution in [2.24, 2.45) is 5.92 Å². The number of aliphatic carboxylic acids is 1. The lowest BCUT2D eigenvalue weighted by Crippen LogP contribution is -2.35. The average Bonchev–Trinajstić information content (AvgIpc) is 3.14. The topological polar surface area (TPSA) is 84.9 Å². The molecule has 0 aromatic heterocycles. The van der Waals surface area contributed by atoms with Gasteiger partial charge in [0.1, 0.15) is 12.4 Å². The summed E-state index contributed by atoms with van der Waals surface area (Å²) in [5.41, 5.74) is 5.39. The maximum absolute atomic E-state index is 12.4. The predicted octanol–water partition coefficient (Wildman–Crippen LogP) is 4.48. The molecule has 0 radical (unpaired) electrons. The number of carboxylic acid groups (broad SMARTS) is 1. The van der Waals surface area contributed by atoms with Gasteiger partial charge in [0, 0.05) is 12.5 Å². The summed E-state index contributed by atoms with van der Waals surface area (Å²) in [7, 11) is 1.56. The van der Waals surface area contributed by atoms with Crippen molar-refractivity contribution >= 4 is 12.1 Å². The number of hydrogen-bond donors (Lipinski definition) is 2. The molecule has 1 aliphatic carbocycles. The van der Waals surface area contributed by atoms with Crippen LogP contribution in [0, 0.1) is 5.92 Å². The van der Waals surface area contributed by atoms with Crippen molar-refractivity contribution in [2.45, 2.75) is 12.3 Å². The number of rotatable bonds is 8. The van der Waals surface area contributed by atoms with E-state index in [1.54, 1.807) is 19.2 Å². The van der Waals surface area contributed by atoms with Gasteiger partial charge in [0.25, 0.3) is 0 Å². The van der Waals surface area contributed by atoms with Crippen LogP contribution in [0.1, 0.15) is 22.6 Å². The summed E-state index contributed by atoms with van der Waals surface area (Å²) in [4.78, 5) is 24.0. The van der Waals surface area contributed by atoms with E-state index in [-0.39, 0.29) is 25.5 Å². The van der Waals surface area contributed by atoms with Gasteiger partial charge >= 0.3 is 12.1 Å². The highest BCUT2D eigenvalue weighted by Gasteiger charge is 2.29. The van der Waals surface area contributed by atoms with Gasteiger partial charge in [-0.3, -0.25) is 4.79 Å². The fraction of sp³-hybridized carbons (Fsp3) is 0.231. The van der Waals surface area contributed by atoms with Gasteiger partial charge in [-0.2, -0.15) is 0 Å². The zero-order valence-corrected chi connectivity index (χ0v) is 17.8. The quantitative estimate of drug-likeness (QED) is 0.549. The first kappa shape index (κ1) is 21.4. The Morgan fingerprint density at radius 1 is 0.969 bits per heavy atom. The Kier molecular flexibility index (Phi) is 6.40. The monoisotopic (exact) mass is 431 g/mol. The first-order valence-electron chi connectivity index (χ1n) is 10.5. The summed E-state index contributed by atoms with van der Waals surface area (Å²) >= 11 is 0. The maximum Gasteiger partial charge on any atom is 0.407 e. The first-order valence-corrected chi connectivity index (χ1v) is 10.5. The van der Waals surface area contributed by atoms with Gasteiger partial charge in [-0.15, -0.1) is 0 Å². The highest BCUT2D eigenvalue weighted by Crippen LogP contribution is 2.44. The van der Waals surface area contributed by atoms with Crippen molar-refractivity contribution in [2.75, 3.05) is 20.3 Å². The second-order valence-corrected chi connectivity index (χ2v) is 7.80. The third-order valence-corrected chi connectivity index (χ3v) is 5.80. The molecule has 164 valence electrons. The molecule has 0 heterocycles. The molecule has 1 amide bonds. The van der Waals surface area contributed by atoms with E-state index in [0.717, 1.165) is 27.8 Å². The maximum atomic E-state index is 12.4. The molecule has 0 fully saturated rings. The van der Waals surface area contributed by atoms with Crippen LogP contribution < -0.4 is 10.1 Å². The van der Waals surface area contributed by atoms with E-state index in [9.17, 15) is 14.7 Å². The number of ether oxygens (including phenoxy) is 2. The van der Waals surface area contributed by atoms with Gasteiger partial charge in [0.15, 0.2) is 0 Å². The van der Waals surface area contributed by atoms with Gasteiger partial charge in [-0.25, -0.2) is 4.79 Å². The van der Waals surface area contributed by atoms with Crippen LogP contribution in [-0.2, 0) is 16.0 Å². The smallest absolute Gasteiger partial charge is 0.407 e. The Balaban J connectivity index is 1.36. The van der Waals surface area contributed by atoms with E-state index in [1.165, 1.54) is 0 Å². The standard InChI is InChI=1S/C26H25NO5/c1-31-19-8-6-7-17(14-19)13-18(25(28)29)15-27-26(30)32-16-24-22-11-4-2-9-20(22)21-10-3-5-12-23(21)24/h2-12,14,18,24H,13,15-16H2,1H3,(H,27,30)(H,28,29)/t18-/m1/s1. The minimum absolute atomic E-state index is 0.0246. The minimum Gasteiger partial charge on any atom is -0.497 e. The summed E-state index contributed by atoms with van der Waals surface area (Å²) < 4.78 is 10.7. The van der Waals surface area contributed by atoms with Gasteiger partial charge in [-0.05, 0) is 46.4 Å². The number of carbonyl (C=O) groups excluding carboxylic acids is 1. The molecule has 0 unspecified atom stereocenters. The molecule has 1 atom stereocenters. The molecule has 32 heavy (non-hydrogen) atoms. The summed E-state index contributed by atoms with van der Waals surface area (Å²) in [6.07, 6.45) is -0.348. The van der Waals surface area contributed by atoms with E-state index in [2.05, 4.69) is 29.6 Å². The predicted molar refractivity (Wildman–Crippen MR) is 121 cm³/mol. The number of fused-ring (bicyclic) bond motifs is 3. The largest absolute Gasteiger partial charge is 0.497 e. The molecule has 6 heteroatoms. The molecule has 0 aliphatic heterocycles. The van der Waals surface area contributed by atoms with Gasteiger partial charge in [0.05, 0.1) is 13.0 Å². The molecular formula is C26H25NO5. The summed E-state index contributed by atoms with van der Waals surface area (Å²) in [5.74, 6) is -1.13. The third-order valence-electron chi connectivity index (χ3n) is 5.80. The number of methoxy groups -OCH3 is 1. The number of nitrogens with one attached hydrogen (secondary N) is 1. The molecule has 1 aliphatic rings. The lowest BCUT2D eigenvalue weighted by atomic mass is 9.98. The fourth-order valence-electron chi connectivity index (χ4n) is 4.19. The van der Waals surface area contributed by atoms with Crippen LogP contribution in [0.3, 0.4) is 0 Å². The summed E-state index contributed by atoms with van der Waals surface area (Å²) in [6, 6.07) is 23.5. The average molecular weight is 431 g/mol. The Labute approximate surface area is 186 Å². The number of carboxylic acids is 1. The van der Waals surface area contributed by atoms with E-state index in [0.29, 0.717) is 5.75 Å². The second kappa shape index (κ2) is 9.56. The zero-order valence-electron chi connectivity index (χ0n) is 17.8. The molecule has 0 saturated heterocycles. The fourth-order valence-corrected chi connectivity index (χ4v) is 4.19. The Morgan fingerprint density at radius 2 is 1.62 bits per heavy atom. The lowest BCUT2D eigenvalue weighted by Gasteiger charge is -2.16. The molecule has 2 N–H and O–H groups in total. The van der Waals surface area contributed by atoms with Crippen molar-refractivity contribution in [3.8, 4) is 16.9 Å². The molecule has 3 aromatic rings. The van der Waals surface area contributed by atoms with E-state index < -0.39 is 18.0 Å². The number of carbonyl (C=O) groups is 2. The first-order chi connectivity index (χ1) is 15.6. The van der Waals surface area contributed by atoms with Crippen molar-refractivity contribution in [3.05, 3.63) is 89.5 Å². The van der Waals surface area contributed by atoms with Crippen LogP contribution in [-0.4, -0.2) is 37.4 Å². The molecule has 3 aromatic carbocycles. The third kappa shape index (κ3) is 4.59. The van der Waals surface area contributed by atoms with Crippen molar-refractivity contribution in [1.82, 2.24) is 5.32 Å². The van der Waals surface area contributed by atoms with Crippen LogP contribution >= 0.6 is 0 Å². The highest BCUT2D eigenvalue weighted by molar-refractivity contribution is 5.79. The van der Waals surface area contributed by atoms with E-state index >= 15 is 0 Å². The second-order valence-electron chi connectivity index (χ2n) is 7.80. The molecule has 0 saturated carbocycles. The lowest BCUT2D eigenvalue weighted by molar-refractivity contribution is -0.141. The number of hydrogen-bond acceptors (Lipinski definition) is 4. The molecular weight excluding hydrogens is 406 g/mol. The SMILES string of the molecule is COc1cccc(C[C@H](CNC(=O)OCC2c3ccccc3-c3ccccc32)C(=O)O)c1. The van der Waals surface area contributed by atoms with Gasteiger partial charge in [0.2, 0.25) is 0 Å².